The van der Waals surface area contributed by atoms with Crippen LogP contribution in [0, 0.1) is 0 Å². The molecule has 198 valence electrons. The van der Waals surface area contributed by atoms with Crippen molar-refractivity contribution in [3.63, 3.8) is 0 Å². The topological polar surface area (TPSA) is 84.0 Å². The smallest absolute Gasteiger partial charge is 0.405 e. The van der Waals surface area contributed by atoms with Gasteiger partial charge in [0.25, 0.3) is 5.91 Å². The van der Waals surface area contributed by atoms with Crippen LogP contribution in [0.3, 0.4) is 0 Å². The molecule has 3 aromatic rings. The van der Waals surface area contributed by atoms with E-state index < -0.39 is 18.6 Å². The fourth-order valence-electron chi connectivity index (χ4n) is 4.60. The Kier molecular flexibility index (Phi) is 7.77. The van der Waals surface area contributed by atoms with E-state index in [0.717, 1.165) is 31.9 Å². The minimum absolute atomic E-state index is 0.0642. The molecule has 1 aliphatic rings. The molecule has 0 bridgehead atoms. The molecule has 4 rings (SSSR count). The number of aromatic hydroxyl groups is 1. The maximum absolute atomic E-state index is 12.5. The number of aliphatic imine (C=N–C) groups is 1. The molecule has 1 aromatic heterocycles. The summed E-state index contributed by atoms with van der Waals surface area (Å²) in [7, 11) is 0. The van der Waals surface area contributed by atoms with Crippen LogP contribution in [0.15, 0.2) is 47.5 Å². The Bertz CT molecular complexity index is 1270. The van der Waals surface area contributed by atoms with E-state index in [1.54, 1.807) is 6.07 Å². The third-order valence-electron chi connectivity index (χ3n) is 6.64. The van der Waals surface area contributed by atoms with E-state index in [2.05, 4.69) is 28.6 Å². The second-order valence-electron chi connectivity index (χ2n) is 9.45. The molecule has 0 spiro atoms. The standard InChI is InChI=1S/C27H32F3N5O2/c1-4-22(32-19-6-8-20(9-7-19)35-13-11-34(12-14-35)17(2)3)24-21-15-18(5-10-23(21)33-26(24)37)25(36)31-16-27(28,29)30/h5-10,15,17,33,37H,4,11-14,16H2,1-3H3,(H,31,36). The van der Waals surface area contributed by atoms with Gasteiger partial charge in [-0.05, 0) is 62.7 Å². The molecule has 1 fully saturated rings. The molecular weight excluding hydrogens is 483 g/mol. The molecule has 0 radical (unpaired) electrons. The summed E-state index contributed by atoms with van der Waals surface area (Å²) in [6.07, 6.45) is -4.01. The Balaban J connectivity index is 1.57. The van der Waals surface area contributed by atoms with Crippen LogP contribution < -0.4 is 10.2 Å². The zero-order valence-electron chi connectivity index (χ0n) is 21.2. The number of rotatable bonds is 7. The first-order chi connectivity index (χ1) is 17.6. The number of halogens is 3. The van der Waals surface area contributed by atoms with Crippen LogP contribution in [0.4, 0.5) is 24.5 Å². The van der Waals surface area contributed by atoms with Gasteiger partial charge in [-0.2, -0.15) is 13.2 Å². The number of anilines is 1. The van der Waals surface area contributed by atoms with Crippen molar-refractivity contribution in [2.45, 2.75) is 39.4 Å². The van der Waals surface area contributed by atoms with Gasteiger partial charge in [0.05, 0.1) is 17.0 Å². The molecule has 2 heterocycles. The van der Waals surface area contributed by atoms with Crippen molar-refractivity contribution in [3.05, 3.63) is 53.6 Å². The molecular formula is C27H32F3N5O2. The molecule has 0 atom stereocenters. The molecule has 1 amide bonds. The average Bonchev–Trinajstić information content (AvgIpc) is 3.20. The number of nitrogens with zero attached hydrogens (tertiary/aromatic N) is 3. The number of aromatic amines is 1. The number of nitrogens with one attached hydrogen (secondary N) is 2. The van der Waals surface area contributed by atoms with Crippen LogP contribution in [0.1, 0.15) is 43.1 Å². The predicted molar refractivity (Wildman–Crippen MR) is 140 cm³/mol. The zero-order chi connectivity index (χ0) is 26.7. The first-order valence-electron chi connectivity index (χ1n) is 12.4. The second kappa shape index (κ2) is 10.8. The van der Waals surface area contributed by atoms with Crippen molar-refractivity contribution in [1.82, 2.24) is 15.2 Å². The van der Waals surface area contributed by atoms with Crippen molar-refractivity contribution in [2.75, 3.05) is 37.6 Å². The van der Waals surface area contributed by atoms with Gasteiger partial charge in [-0.25, -0.2) is 0 Å². The number of benzene rings is 2. The monoisotopic (exact) mass is 515 g/mol. The third kappa shape index (κ3) is 6.25. The minimum atomic E-state index is -4.50. The van der Waals surface area contributed by atoms with Gasteiger partial charge in [-0.1, -0.05) is 6.92 Å². The Morgan fingerprint density at radius 3 is 2.38 bits per heavy atom. The van der Waals surface area contributed by atoms with E-state index in [0.29, 0.717) is 40.3 Å². The predicted octanol–water partition coefficient (Wildman–Crippen LogP) is 5.23. The maximum Gasteiger partial charge on any atom is 0.405 e. The van der Waals surface area contributed by atoms with Crippen molar-refractivity contribution in [1.29, 1.82) is 0 Å². The largest absolute Gasteiger partial charge is 0.494 e. The Morgan fingerprint density at radius 1 is 1.11 bits per heavy atom. The molecule has 1 saturated heterocycles. The first-order valence-corrected chi connectivity index (χ1v) is 12.4. The lowest BCUT2D eigenvalue weighted by atomic mass is 10.0. The molecule has 0 aliphatic carbocycles. The number of piperazine rings is 1. The Labute approximate surface area is 214 Å². The van der Waals surface area contributed by atoms with Crippen molar-refractivity contribution in [3.8, 4) is 5.88 Å². The number of carbonyl (C=O) groups is 1. The minimum Gasteiger partial charge on any atom is -0.494 e. The highest BCUT2D eigenvalue weighted by atomic mass is 19.4. The summed E-state index contributed by atoms with van der Waals surface area (Å²) in [5.74, 6) is -0.950. The quantitative estimate of drug-likeness (QED) is 0.377. The van der Waals surface area contributed by atoms with Crippen molar-refractivity contribution >= 4 is 33.9 Å². The lowest BCUT2D eigenvalue weighted by molar-refractivity contribution is -0.123. The fraction of sp³-hybridized carbons (Fsp3) is 0.407. The number of fused-ring (bicyclic) bond motifs is 1. The SMILES string of the molecule is CCC(=Nc1ccc(N2CCN(C(C)C)CC2)cc1)c1c(O)[nH]c2ccc(C(=O)NCC(F)(F)F)cc12. The summed E-state index contributed by atoms with van der Waals surface area (Å²) in [6, 6.07) is 12.9. The van der Waals surface area contributed by atoms with Crippen LogP contribution in [-0.4, -0.2) is 71.6 Å². The van der Waals surface area contributed by atoms with Crippen LogP contribution in [-0.2, 0) is 0 Å². The van der Waals surface area contributed by atoms with E-state index in [1.165, 1.54) is 12.1 Å². The van der Waals surface area contributed by atoms with Gasteiger partial charge in [0, 0.05) is 54.4 Å². The number of hydrogen-bond acceptors (Lipinski definition) is 5. The normalized spacial score (nSPS) is 15.5. The van der Waals surface area contributed by atoms with E-state index in [-0.39, 0.29) is 11.4 Å². The average molecular weight is 516 g/mol. The number of aromatic nitrogens is 1. The van der Waals surface area contributed by atoms with Crippen LogP contribution >= 0.6 is 0 Å². The molecule has 37 heavy (non-hydrogen) atoms. The molecule has 0 saturated carbocycles. The molecule has 10 heteroatoms. The van der Waals surface area contributed by atoms with Gasteiger partial charge < -0.3 is 20.3 Å². The summed E-state index contributed by atoms with van der Waals surface area (Å²) < 4.78 is 37.5. The summed E-state index contributed by atoms with van der Waals surface area (Å²) in [5, 5.41) is 13.0. The summed E-state index contributed by atoms with van der Waals surface area (Å²) >= 11 is 0. The summed E-state index contributed by atoms with van der Waals surface area (Å²) in [5.41, 5.74) is 3.48. The molecule has 2 aromatic carbocycles. The first kappa shape index (κ1) is 26.5. The van der Waals surface area contributed by atoms with Gasteiger partial charge in [-0.3, -0.25) is 14.7 Å². The molecule has 1 aliphatic heterocycles. The lowest BCUT2D eigenvalue weighted by Crippen LogP contribution is -2.48. The lowest BCUT2D eigenvalue weighted by Gasteiger charge is -2.38. The van der Waals surface area contributed by atoms with Gasteiger partial charge in [0.1, 0.15) is 6.54 Å². The van der Waals surface area contributed by atoms with Crippen LogP contribution in [0.2, 0.25) is 0 Å². The van der Waals surface area contributed by atoms with Crippen LogP contribution in [0.5, 0.6) is 5.88 Å². The highest BCUT2D eigenvalue weighted by Crippen LogP contribution is 2.31. The highest BCUT2D eigenvalue weighted by Gasteiger charge is 2.28. The second-order valence-corrected chi connectivity index (χ2v) is 9.45. The number of alkyl halides is 3. The number of carbonyl (C=O) groups excluding carboxylic acids is 1. The summed E-state index contributed by atoms with van der Waals surface area (Å²) in [6.45, 7) is 8.87. The van der Waals surface area contributed by atoms with Gasteiger partial charge >= 0.3 is 6.18 Å². The van der Waals surface area contributed by atoms with Crippen molar-refractivity contribution in [2.24, 2.45) is 4.99 Å². The van der Waals surface area contributed by atoms with E-state index in [9.17, 15) is 23.1 Å². The third-order valence-corrected chi connectivity index (χ3v) is 6.64. The Hall–Kier alpha value is -3.53. The number of H-pyrrole nitrogens is 1. The highest BCUT2D eigenvalue weighted by molar-refractivity contribution is 6.14. The summed E-state index contributed by atoms with van der Waals surface area (Å²) in [4.78, 5) is 24.7. The van der Waals surface area contributed by atoms with Gasteiger partial charge in [0.2, 0.25) is 0 Å². The van der Waals surface area contributed by atoms with Gasteiger partial charge in [0.15, 0.2) is 5.88 Å². The number of amides is 1. The van der Waals surface area contributed by atoms with E-state index >= 15 is 0 Å². The van der Waals surface area contributed by atoms with E-state index in [1.807, 2.05) is 36.5 Å². The van der Waals surface area contributed by atoms with Gasteiger partial charge in [-0.15, -0.1) is 0 Å². The Morgan fingerprint density at radius 2 is 1.78 bits per heavy atom. The van der Waals surface area contributed by atoms with E-state index in [4.69, 9.17) is 4.99 Å². The zero-order valence-corrected chi connectivity index (χ0v) is 21.2. The molecule has 0 unspecified atom stereocenters. The molecule has 7 nitrogen and oxygen atoms in total. The fourth-order valence-corrected chi connectivity index (χ4v) is 4.60. The van der Waals surface area contributed by atoms with Crippen LogP contribution in [0.25, 0.3) is 10.9 Å². The maximum atomic E-state index is 12.5. The van der Waals surface area contributed by atoms with Crippen molar-refractivity contribution < 1.29 is 23.1 Å². The molecule has 3 N–H and O–H groups in total. The number of hydrogen-bond donors (Lipinski definition) is 3.